The number of rotatable bonds is 2. The summed E-state index contributed by atoms with van der Waals surface area (Å²) in [6.07, 6.45) is -0.136. The van der Waals surface area contributed by atoms with Crippen molar-refractivity contribution in [3.63, 3.8) is 0 Å². The fourth-order valence-corrected chi connectivity index (χ4v) is 8.53. The molecule has 4 atom stereocenters. The van der Waals surface area contributed by atoms with Gasteiger partial charge in [0.2, 0.25) is 0 Å². The van der Waals surface area contributed by atoms with Crippen molar-refractivity contribution in [2.45, 2.75) is 22.6 Å². The van der Waals surface area contributed by atoms with Crippen LogP contribution >= 0.6 is 22.6 Å². The molecule has 1 aromatic rings. The molecule has 0 bridgehead atoms. The average Bonchev–Trinajstić information content (AvgIpc) is 2.78. The van der Waals surface area contributed by atoms with Gasteiger partial charge in [-0.15, -0.1) is 0 Å². The van der Waals surface area contributed by atoms with E-state index < -0.39 is 21.2 Å². The second-order valence-corrected chi connectivity index (χ2v) is 9.51. The van der Waals surface area contributed by atoms with Gasteiger partial charge in [0.1, 0.15) is 0 Å². The van der Waals surface area contributed by atoms with Gasteiger partial charge in [-0.1, -0.05) is 0 Å². The van der Waals surface area contributed by atoms with E-state index in [1.165, 1.54) is 6.07 Å². The standard InChI is InChI=1S/C15H18FI2N2O2/c1-8-14-12(6-21-8)22-13(20)5-18-15(14,7-17)10-4-9(19)2-3-11(10)16/h2-5,8,12,14H,6-7,19-20H2,1H3/q-1/t8-,12+,14-,15+/m0/s1. The second kappa shape index (κ2) is 6.31. The predicted octanol–water partition coefficient (Wildman–Crippen LogP) is -0.681. The van der Waals surface area contributed by atoms with Crippen LogP contribution in [0.5, 0.6) is 0 Å². The van der Waals surface area contributed by atoms with Gasteiger partial charge in [0.15, 0.2) is 0 Å². The van der Waals surface area contributed by atoms with E-state index in [1.54, 1.807) is 12.1 Å². The Morgan fingerprint density at radius 3 is 2.95 bits per heavy atom. The summed E-state index contributed by atoms with van der Waals surface area (Å²) in [7, 11) is 0. The minimum absolute atomic E-state index is 0.000374. The van der Waals surface area contributed by atoms with E-state index >= 15 is 0 Å². The molecule has 0 radical (unpaired) electrons. The first-order valence-corrected chi connectivity index (χ1v) is 10.8. The molecule has 4 nitrogen and oxygen atoms in total. The number of fused-ring (bicyclic) bond motifs is 1. The van der Waals surface area contributed by atoms with E-state index in [4.69, 9.17) is 20.9 Å². The molecule has 22 heavy (non-hydrogen) atoms. The summed E-state index contributed by atoms with van der Waals surface area (Å²) < 4.78 is 28.7. The van der Waals surface area contributed by atoms with E-state index in [0.717, 1.165) is 4.43 Å². The number of nitrogens with two attached hydrogens (primary N) is 2. The number of ether oxygens (including phenoxy) is 2. The summed E-state index contributed by atoms with van der Waals surface area (Å²) in [5.74, 6) is 0.305. The van der Waals surface area contributed by atoms with Gasteiger partial charge in [0.25, 0.3) is 0 Å². The molecule has 3 rings (SSSR count). The summed E-state index contributed by atoms with van der Waals surface area (Å²) in [6.45, 7) is 2.52. The Balaban J connectivity index is 2.18. The molecule has 0 unspecified atom stereocenters. The van der Waals surface area contributed by atoms with Crippen molar-refractivity contribution in [1.82, 2.24) is 0 Å². The number of nitrogen functional groups attached to an aromatic ring is 1. The number of hydrogen-bond donors (Lipinski definition) is 2. The summed E-state index contributed by atoms with van der Waals surface area (Å²) in [5.41, 5.74) is 13.1. The van der Waals surface area contributed by atoms with Gasteiger partial charge < -0.3 is 0 Å². The quantitative estimate of drug-likeness (QED) is 0.302. The molecular weight excluding hydrogens is 513 g/mol. The third kappa shape index (κ3) is 2.68. The first-order valence-electron chi connectivity index (χ1n) is 6.98. The van der Waals surface area contributed by atoms with Crippen LogP contribution in [0.1, 0.15) is 12.5 Å². The van der Waals surface area contributed by atoms with Crippen molar-refractivity contribution in [3.05, 3.63) is 39.5 Å². The van der Waals surface area contributed by atoms with Crippen LogP contribution in [0.15, 0.2) is 28.2 Å². The molecule has 0 aliphatic carbocycles. The van der Waals surface area contributed by atoms with Gasteiger partial charge in [0, 0.05) is 0 Å². The molecule has 2 aliphatic rings. The molecule has 0 saturated carbocycles. The van der Waals surface area contributed by atoms with Crippen molar-refractivity contribution in [3.8, 4) is 0 Å². The molecule has 1 fully saturated rings. The Hall–Kier alpha value is -0.290. The van der Waals surface area contributed by atoms with Crippen LogP contribution in [0.2, 0.25) is 0 Å². The molecule has 2 heterocycles. The first-order chi connectivity index (χ1) is 10.5. The number of anilines is 1. The van der Waals surface area contributed by atoms with E-state index in [9.17, 15) is 4.39 Å². The zero-order valence-electron chi connectivity index (χ0n) is 12.1. The third-order valence-electron chi connectivity index (χ3n) is 4.23. The van der Waals surface area contributed by atoms with Gasteiger partial charge in [-0.3, -0.25) is 0 Å². The first kappa shape index (κ1) is 16.6. The van der Waals surface area contributed by atoms with E-state index in [0.29, 0.717) is 23.7 Å². The van der Waals surface area contributed by atoms with Crippen LogP contribution in [0, 0.1) is 11.7 Å². The summed E-state index contributed by atoms with van der Waals surface area (Å²) >= 11 is 1.77. The Morgan fingerprint density at radius 2 is 2.23 bits per heavy atom. The fraction of sp³-hybridized carbons (Fsp3) is 0.467. The third-order valence-corrected chi connectivity index (χ3v) is 10.6. The Kier molecular flexibility index (Phi) is 4.75. The van der Waals surface area contributed by atoms with Gasteiger partial charge in [-0.2, -0.15) is 0 Å². The monoisotopic (exact) mass is 531 g/mol. The predicted molar refractivity (Wildman–Crippen MR) is 87.4 cm³/mol. The Morgan fingerprint density at radius 1 is 1.45 bits per heavy atom. The average molecular weight is 531 g/mol. The van der Waals surface area contributed by atoms with E-state index in [-0.39, 0.29) is 27.4 Å². The molecule has 1 saturated heterocycles. The fourth-order valence-electron chi connectivity index (χ4n) is 3.24. The maximum absolute atomic E-state index is 14.6. The van der Waals surface area contributed by atoms with Crippen molar-refractivity contribution < 1.29 is 35.1 Å². The molecule has 4 N–H and O–H groups in total. The molecular formula is C15H18FI2N2O2-. The van der Waals surface area contributed by atoms with Gasteiger partial charge >= 0.3 is 154 Å². The summed E-state index contributed by atoms with van der Waals surface area (Å²) in [6, 6.07) is 4.82. The van der Waals surface area contributed by atoms with Crippen LogP contribution in [0.25, 0.3) is 0 Å². The van der Waals surface area contributed by atoms with Gasteiger partial charge in [-0.05, 0) is 0 Å². The van der Waals surface area contributed by atoms with Crippen LogP contribution in [0.4, 0.5) is 10.1 Å². The van der Waals surface area contributed by atoms with Crippen molar-refractivity contribution in [1.29, 1.82) is 0 Å². The maximum atomic E-state index is 14.6. The topological polar surface area (TPSA) is 70.5 Å². The summed E-state index contributed by atoms with van der Waals surface area (Å²) in [4.78, 5) is 0. The van der Waals surface area contributed by atoms with Crippen molar-refractivity contribution in [2.75, 3.05) is 16.8 Å². The van der Waals surface area contributed by atoms with E-state index in [1.807, 2.05) is 11.0 Å². The normalized spacial score (nSPS) is 34.9. The molecule has 2 aliphatic heterocycles. The number of benzene rings is 1. The molecule has 0 spiro atoms. The molecule has 122 valence electrons. The Bertz CT molecular complexity index is 613. The van der Waals surface area contributed by atoms with Gasteiger partial charge in [-0.25, -0.2) is 0 Å². The molecule has 1 aromatic carbocycles. The molecule has 0 aromatic heterocycles. The Labute approximate surface area is 153 Å². The van der Waals surface area contributed by atoms with Crippen LogP contribution in [-0.4, -0.2) is 23.2 Å². The van der Waals surface area contributed by atoms with Crippen molar-refractivity contribution >= 4 is 28.3 Å². The van der Waals surface area contributed by atoms with Crippen LogP contribution in [-0.2, 0) is 12.9 Å². The van der Waals surface area contributed by atoms with Crippen molar-refractivity contribution in [2.24, 2.45) is 11.7 Å². The second-order valence-electron chi connectivity index (χ2n) is 5.58. The minimum atomic E-state index is -0.570. The zero-order chi connectivity index (χ0) is 15.9. The zero-order valence-corrected chi connectivity index (χ0v) is 16.4. The summed E-state index contributed by atoms with van der Waals surface area (Å²) in [5, 5.41) is 0. The SMILES string of the molecule is C[C@@H]1OC[C@H]2OC(N)=C[I-][C@](CI)(c3cc(N)ccc3F)[C@@H]12. The number of alkyl halides is 2. The number of halogens is 3. The van der Waals surface area contributed by atoms with Crippen LogP contribution in [0.3, 0.4) is 0 Å². The molecule has 0 amide bonds. The van der Waals surface area contributed by atoms with Crippen LogP contribution < -0.4 is 32.7 Å². The van der Waals surface area contributed by atoms with E-state index in [2.05, 4.69) is 22.6 Å². The molecule has 7 heteroatoms. The van der Waals surface area contributed by atoms with Gasteiger partial charge in [0.05, 0.1) is 0 Å². The number of hydrogen-bond acceptors (Lipinski definition) is 4.